The van der Waals surface area contributed by atoms with E-state index in [9.17, 15) is 79.0 Å². The molecule has 0 heterocycles. The van der Waals surface area contributed by atoms with E-state index in [1.54, 1.807) is 0 Å². The van der Waals surface area contributed by atoms with Gasteiger partial charge in [-0.05, 0) is 43.9 Å². The summed E-state index contributed by atoms with van der Waals surface area (Å²) in [5.41, 5.74) is -18.7. The molecule has 0 aromatic rings. The molecule has 0 amide bonds. The van der Waals surface area contributed by atoms with E-state index in [-0.39, 0.29) is 0 Å². The lowest BCUT2D eigenvalue weighted by atomic mass is 9.31. The van der Waals surface area contributed by atoms with Gasteiger partial charge in [-0.1, -0.05) is 0 Å². The quantitative estimate of drug-likeness (QED) is 0.206. The van der Waals surface area contributed by atoms with Crippen molar-refractivity contribution in [3.8, 4) is 0 Å². The zero-order valence-corrected chi connectivity index (χ0v) is 22.3. The molecule has 4 aliphatic rings. The molecule has 4 saturated carbocycles. The van der Waals surface area contributed by atoms with Crippen molar-refractivity contribution in [1.29, 1.82) is 0 Å². The van der Waals surface area contributed by atoms with Gasteiger partial charge in [0, 0.05) is 22.7 Å². The molecular weight excluding hydrogens is 732 g/mol. The fraction of sp³-hybridized carbons (Fsp3) is 1.00. The predicted octanol–water partition coefficient (Wildman–Crippen LogP) is 10.8. The van der Waals surface area contributed by atoms with Crippen LogP contribution in [0.15, 0.2) is 0 Å². The first-order valence-corrected chi connectivity index (χ1v) is 12.7. The van der Waals surface area contributed by atoms with Crippen LogP contribution in [-0.2, 0) is 0 Å². The Labute approximate surface area is 246 Å². The van der Waals surface area contributed by atoms with E-state index < -0.39 is 140 Å². The van der Waals surface area contributed by atoms with Gasteiger partial charge in [-0.3, -0.25) is 0 Å². The zero-order valence-electron chi connectivity index (χ0n) is 22.3. The standard InChI is InChI=1S/C23H18F24/c24-8(20(36,37)38)16(28,29)4-12-1-13(17(30,31)9(25)21(39,40)41)5-14(2-12,18(32,33)10(26)22(42,43)44)7-15(3-12,6-13)19(34,35)11(27)23(45,46)47/h8-11H,1-7H2. The number of rotatable bonds is 9. The third-order valence-electron chi connectivity index (χ3n) is 9.38. The average Bonchev–Trinajstić information content (AvgIpc) is 2.82. The fourth-order valence-electron chi connectivity index (χ4n) is 8.35. The highest BCUT2D eigenvalue weighted by atomic mass is 19.4. The van der Waals surface area contributed by atoms with Crippen LogP contribution in [0.4, 0.5) is 105 Å². The molecule has 0 aliphatic heterocycles. The first kappa shape index (κ1) is 39.8. The van der Waals surface area contributed by atoms with Crippen molar-refractivity contribution in [1.82, 2.24) is 0 Å². The highest BCUT2D eigenvalue weighted by Crippen LogP contribution is 2.84. The Morgan fingerprint density at radius 1 is 0.340 bits per heavy atom. The lowest BCUT2D eigenvalue weighted by molar-refractivity contribution is -0.400. The van der Waals surface area contributed by atoms with Crippen molar-refractivity contribution in [2.24, 2.45) is 21.7 Å². The van der Waals surface area contributed by atoms with E-state index in [1.165, 1.54) is 0 Å². The van der Waals surface area contributed by atoms with Crippen molar-refractivity contribution in [2.45, 2.75) is 118 Å². The summed E-state index contributed by atoms with van der Waals surface area (Å²) in [5.74, 6) is -25.9. The number of halogens is 24. The highest BCUT2D eigenvalue weighted by Gasteiger charge is 2.87. The van der Waals surface area contributed by atoms with Crippen molar-refractivity contribution >= 4 is 0 Å². The summed E-state index contributed by atoms with van der Waals surface area (Å²) < 4.78 is 337. The Morgan fingerprint density at radius 2 is 0.553 bits per heavy atom. The first-order chi connectivity index (χ1) is 20.3. The van der Waals surface area contributed by atoms with Gasteiger partial charge in [0.25, 0.3) is 48.4 Å². The first-order valence-electron chi connectivity index (χ1n) is 12.7. The van der Waals surface area contributed by atoms with Crippen LogP contribution in [0.5, 0.6) is 0 Å². The van der Waals surface area contributed by atoms with Gasteiger partial charge in [0.2, 0.25) is 0 Å². The van der Waals surface area contributed by atoms with Crippen LogP contribution in [0.25, 0.3) is 0 Å². The molecule has 4 atom stereocenters. The lowest BCUT2D eigenvalue weighted by Crippen LogP contribution is -2.76. The number of alkyl halides is 24. The Hall–Kier alpha value is -1.68. The molecule has 4 rings (SSSR count). The van der Waals surface area contributed by atoms with Crippen LogP contribution >= 0.6 is 0 Å². The van der Waals surface area contributed by atoms with Gasteiger partial charge >= 0.3 is 24.7 Å². The highest BCUT2D eigenvalue weighted by molar-refractivity contribution is 5.27. The topological polar surface area (TPSA) is 0 Å². The molecule has 4 aliphatic carbocycles. The van der Waals surface area contributed by atoms with E-state index in [0.717, 1.165) is 0 Å². The average molecular weight is 750 g/mol. The largest absolute Gasteiger partial charge is 0.425 e. The second-order valence-electron chi connectivity index (χ2n) is 12.8. The molecule has 0 nitrogen and oxygen atoms in total. The summed E-state index contributed by atoms with van der Waals surface area (Å²) in [5, 5.41) is 0. The molecule has 4 unspecified atom stereocenters. The minimum atomic E-state index is -6.88. The molecule has 0 aromatic carbocycles. The van der Waals surface area contributed by atoms with Gasteiger partial charge in [-0.2, -0.15) is 52.7 Å². The summed E-state index contributed by atoms with van der Waals surface area (Å²) in [6, 6.07) is 0. The number of hydrogen-bond donors (Lipinski definition) is 0. The van der Waals surface area contributed by atoms with Crippen molar-refractivity contribution in [3.05, 3.63) is 0 Å². The van der Waals surface area contributed by atoms with Crippen LogP contribution in [-0.4, -0.2) is 73.1 Å². The van der Waals surface area contributed by atoms with E-state index in [4.69, 9.17) is 0 Å². The SMILES string of the molecule is FC(C(F)(F)F)C(F)(F)CC12CC3(C(F)(F)C(F)C(F)(F)F)CC(C(F)(F)C(F)C(F)(F)F)(C1)CC(C(F)(F)C(F)C(F)(F)F)(C2)C3. The van der Waals surface area contributed by atoms with Gasteiger partial charge in [0.15, 0.2) is 0 Å². The van der Waals surface area contributed by atoms with E-state index in [0.29, 0.717) is 0 Å². The van der Waals surface area contributed by atoms with Gasteiger partial charge < -0.3 is 0 Å². The third kappa shape index (κ3) is 5.97. The van der Waals surface area contributed by atoms with Crippen molar-refractivity contribution < 1.29 is 105 Å². The summed E-state index contributed by atoms with van der Waals surface area (Å²) in [6.45, 7) is 0. The summed E-state index contributed by atoms with van der Waals surface area (Å²) in [7, 11) is 0. The smallest absolute Gasteiger partial charge is 0.231 e. The van der Waals surface area contributed by atoms with Gasteiger partial charge in [-0.15, -0.1) is 0 Å². The van der Waals surface area contributed by atoms with E-state index >= 15 is 26.3 Å². The van der Waals surface area contributed by atoms with Crippen LogP contribution < -0.4 is 0 Å². The summed E-state index contributed by atoms with van der Waals surface area (Å²) >= 11 is 0. The molecule has 24 heteroatoms. The van der Waals surface area contributed by atoms with Gasteiger partial charge in [0.05, 0.1) is 0 Å². The van der Waals surface area contributed by atoms with Crippen LogP contribution in [0.1, 0.15) is 44.9 Å². The molecule has 0 spiro atoms. The molecule has 278 valence electrons. The fourth-order valence-corrected chi connectivity index (χ4v) is 8.35. The summed E-state index contributed by atoms with van der Waals surface area (Å²) in [4.78, 5) is 0. The minimum Gasteiger partial charge on any atom is -0.231 e. The third-order valence-corrected chi connectivity index (χ3v) is 9.38. The Bertz CT molecular complexity index is 1050. The molecule has 4 bridgehead atoms. The van der Waals surface area contributed by atoms with Crippen molar-refractivity contribution in [3.63, 3.8) is 0 Å². The van der Waals surface area contributed by atoms with Crippen LogP contribution in [0.3, 0.4) is 0 Å². The predicted molar refractivity (Wildman–Crippen MR) is 106 cm³/mol. The normalized spacial score (nSPS) is 34.0. The number of hydrogen-bond acceptors (Lipinski definition) is 0. The van der Waals surface area contributed by atoms with Crippen molar-refractivity contribution in [2.75, 3.05) is 0 Å². The maximum atomic E-state index is 15.5. The Balaban J connectivity index is 2.50. The second-order valence-corrected chi connectivity index (χ2v) is 12.8. The molecular formula is C23H18F24. The van der Waals surface area contributed by atoms with Crippen LogP contribution in [0, 0.1) is 21.7 Å². The Morgan fingerprint density at radius 3 is 0.745 bits per heavy atom. The maximum Gasteiger partial charge on any atom is 0.425 e. The molecule has 0 N–H and O–H groups in total. The molecule has 0 saturated heterocycles. The van der Waals surface area contributed by atoms with Gasteiger partial charge in [0.1, 0.15) is 0 Å². The zero-order chi connectivity index (χ0) is 37.3. The second kappa shape index (κ2) is 10.4. The monoisotopic (exact) mass is 750 g/mol. The molecule has 0 radical (unpaired) electrons. The molecule has 0 aromatic heterocycles. The maximum absolute atomic E-state index is 15.5. The lowest BCUT2D eigenvalue weighted by Gasteiger charge is -2.73. The summed E-state index contributed by atoms with van der Waals surface area (Å²) in [6.07, 6.45) is -69.5. The van der Waals surface area contributed by atoms with E-state index in [2.05, 4.69) is 0 Å². The molecule has 4 fully saturated rings. The Kier molecular flexibility index (Phi) is 8.82. The van der Waals surface area contributed by atoms with Crippen LogP contribution in [0.2, 0.25) is 0 Å². The van der Waals surface area contributed by atoms with E-state index in [1.807, 2.05) is 0 Å². The molecule has 47 heavy (non-hydrogen) atoms. The minimum absolute atomic E-state index is 2.54. The van der Waals surface area contributed by atoms with Gasteiger partial charge in [-0.25, -0.2) is 52.7 Å².